The minimum Gasteiger partial charge on any atom is -0.338 e. The molecule has 1 aromatic heterocycles. The quantitative estimate of drug-likeness (QED) is 0.796. The van der Waals surface area contributed by atoms with Crippen LogP contribution in [-0.2, 0) is 4.79 Å². The van der Waals surface area contributed by atoms with E-state index < -0.39 is 0 Å². The van der Waals surface area contributed by atoms with Crippen LogP contribution in [0.25, 0.3) is 10.6 Å². The van der Waals surface area contributed by atoms with Crippen LogP contribution in [0.4, 0.5) is 0 Å². The van der Waals surface area contributed by atoms with E-state index >= 15 is 0 Å². The third-order valence-corrected chi connectivity index (χ3v) is 7.28. The van der Waals surface area contributed by atoms with Crippen LogP contribution < -0.4 is 0 Å². The van der Waals surface area contributed by atoms with Gasteiger partial charge in [0.25, 0.3) is 5.91 Å². The first-order chi connectivity index (χ1) is 13.6. The predicted octanol–water partition coefficient (Wildman–Crippen LogP) is 3.73. The number of thiazole rings is 1. The van der Waals surface area contributed by atoms with Gasteiger partial charge in [-0.05, 0) is 50.7 Å². The average Bonchev–Trinajstić information content (AvgIpc) is 3.46. The summed E-state index contributed by atoms with van der Waals surface area (Å²) in [4.78, 5) is 34.3. The summed E-state index contributed by atoms with van der Waals surface area (Å²) in [6.07, 6.45) is 4.76. The van der Waals surface area contributed by atoms with Crippen LogP contribution in [-0.4, -0.2) is 51.8 Å². The van der Waals surface area contributed by atoms with Crippen LogP contribution in [0.1, 0.15) is 48.2 Å². The first kappa shape index (κ1) is 17.9. The lowest BCUT2D eigenvalue weighted by Crippen LogP contribution is -2.57. The third kappa shape index (κ3) is 3.24. The van der Waals surface area contributed by atoms with Crippen molar-refractivity contribution in [3.05, 3.63) is 40.9 Å². The number of amides is 2. The van der Waals surface area contributed by atoms with Crippen molar-refractivity contribution >= 4 is 23.2 Å². The molecule has 2 atom stereocenters. The van der Waals surface area contributed by atoms with Crippen molar-refractivity contribution in [3.63, 3.8) is 0 Å². The molecule has 146 valence electrons. The number of aromatic nitrogens is 1. The molecule has 1 aromatic carbocycles. The molecule has 2 aromatic rings. The van der Waals surface area contributed by atoms with Crippen molar-refractivity contribution in [2.45, 2.75) is 51.1 Å². The highest BCUT2D eigenvalue weighted by molar-refractivity contribution is 7.13. The van der Waals surface area contributed by atoms with Crippen molar-refractivity contribution in [3.8, 4) is 10.6 Å². The van der Waals surface area contributed by atoms with Crippen LogP contribution >= 0.6 is 11.3 Å². The van der Waals surface area contributed by atoms with Gasteiger partial charge in [0.15, 0.2) is 0 Å². The number of carbonyl (C=O) groups excluding carboxylic acids is 2. The number of likely N-dealkylation sites (tertiary alicyclic amines) is 2. The number of hydrogen-bond acceptors (Lipinski definition) is 4. The molecule has 0 N–H and O–H groups in total. The summed E-state index contributed by atoms with van der Waals surface area (Å²) >= 11 is 1.61. The Morgan fingerprint density at radius 3 is 2.82 bits per heavy atom. The zero-order valence-electron chi connectivity index (χ0n) is 16.1. The van der Waals surface area contributed by atoms with Crippen LogP contribution in [0, 0.1) is 12.8 Å². The molecule has 3 heterocycles. The molecule has 5 nitrogen and oxygen atoms in total. The van der Waals surface area contributed by atoms with Crippen LogP contribution in [0.15, 0.2) is 29.6 Å². The Labute approximate surface area is 169 Å². The number of aryl methyl sites for hydroxylation is 1. The molecule has 2 saturated heterocycles. The second kappa shape index (κ2) is 6.99. The number of fused-ring (bicyclic) bond motifs is 1. The zero-order chi connectivity index (χ0) is 19.3. The second-order valence-electron chi connectivity index (χ2n) is 8.31. The fraction of sp³-hybridized carbons (Fsp3) is 0.500. The monoisotopic (exact) mass is 395 g/mol. The van der Waals surface area contributed by atoms with Crippen molar-refractivity contribution in [1.29, 1.82) is 0 Å². The van der Waals surface area contributed by atoms with Crippen molar-refractivity contribution in [2.24, 2.45) is 5.92 Å². The van der Waals surface area contributed by atoms with Crippen LogP contribution in [0.3, 0.4) is 0 Å². The van der Waals surface area contributed by atoms with Gasteiger partial charge in [0, 0.05) is 53.8 Å². The molecule has 5 rings (SSSR count). The van der Waals surface area contributed by atoms with E-state index in [2.05, 4.69) is 9.88 Å². The lowest BCUT2D eigenvalue weighted by molar-refractivity contribution is -0.141. The van der Waals surface area contributed by atoms with Gasteiger partial charge in [0.05, 0.1) is 0 Å². The van der Waals surface area contributed by atoms with E-state index in [1.54, 1.807) is 11.3 Å². The fourth-order valence-corrected chi connectivity index (χ4v) is 5.55. The standard InChI is InChI=1S/C22H25N3O2S/c1-14-13-28-21(23-14)15-3-2-4-16(11-15)22(27)24-10-9-19-17(12-24)5-8-20(26)25(19)18-6-7-18/h2-4,11,13,17-19H,5-10,12H2,1H3. The van der Waals surface area contributed by atoms with Gasteiger partial charge in [0.2, 0.25) is 5.91 Å². The normalized spacial score (nSPS) is 25.0. The molecule has 2 amide bonds. The molecule has 0 spiro atoms. The fourth-order valence-electron chi connectivity index (χ4n) is 4.76. The van der Waals surface area contributed by atoms with E-state index in [-0.39, 0.29) is 5.91 Å². The van der Waals surface area contributed by atoms with Crippen molar-refractivity contribution in [2.75, 3.05) is 13.1 Å². The SMILES string of the molecule is Cc1csc(-c2cccc(C(=O)N3CCC4C(CCC(=O)N4C4CC4)C3)c2)n1. The van der Waals surface area contributed by atoms with Crippen molar-refractivity contribution in [1.82, 2.24) is 14.8 Å². The first-order valence-electron chi connectivity index (χ1n) is 10.2. The van der Waals surface area contributed by atoms with E-state index in [9.17, 15) is 9.59 Å². The Kier molecular flexibility index (Phi) is 4.46. The summed E-state index contributed by atoms with van der Waals surface area (Å²) in [7, 11) is 0. The molecule has 3 fully saturated rings. The molecule has 28 heavy (non-hydrogen) atoms. The Morgan fingerprint density at radius 2 is 2.07 bits per heavy atom. The molecule has 0 radical (unpaired) electrons. The number of carbonyl (C=O) groups is 2. The highest BCUT2D eigenvalue weighted by Crippen LogP contribution is 2.39. The topological polar surface area (TPSA) is 53.5 Å². The summed E-state index contributed by atoms with van der Waals surface area (Å²) in [6, 6.07) is 8.64. The number of nitrogens with zero attached hydrogens (tertiary/aromatic N) is 3. The molecular weight excluding hydrogens is 370 g/mol. The van der Waals surface area contributed by atoms with Crippen LogP contribution in [0.5, 0.6) is 0 Å². The Balaban J connectivity index is 1.32. The Morgan fingerprint density at radius 1 is 1.21 bits per heavy atom. The van der Waals surface area contributed by atoms with Gasteiger partial charge < -0.3 is 9.80 Å². The molecule has 2 unspecified atom stereocenters. The van der Waals surface area contributed by atoms with E-state index in [0.29, 0.717) is 30.3 Å². The van der Waals surface area contributed by atoms with Gasteiger partial charge in [-0.1, -0.05) is 12.1 Å². The predicted molar refractivity (Wildman–Crippen MR) is 109 cm³/mol. The summed E-state index contributed by atoms with van der Waals surface area (Å²) in [5, 5.41) is 2.99. The number of piperidine rings is 2. The van der Waals surface area contributed by atoms with E-state index in [1.165, 1.54) is 0 Å². The molecular formula is C22H25N3O2S. The molecule has 3 aliphatic rings. The number of rotatable bonds is 3. The van der Waals surface area contributed by atoms with Crippen molar-refractivity contribution < 1.29 is 9.59 Å². The zero-order valence-corrected chi connectivity index (χ0v) is 17.0. The number of hydrogen-bond donors (Lipinski definition) is 0. The van der Waals surface area contributed by atoms with Gasteiger partial charge in [-0.2, -0.15) is 0 Å². The van der Waals surface area contributed by atoms with Gasteiger partial charge in [-0.15, -0.1) is 11.3 Å². The molecule has 0 bridgehead atoms. The second-order valence-corrected chi connectivity index (χ2v) is 9.17. The van der Waals surface area contributed by atoms with Gasteiger partial charge in [-0.3, -0.25) is 9.59 Å². The summed E-state index contributed by atoms with van der Waals surface area (Å²) < 4.78 is 0. The minimum atomic E-state index is 0.100. The largest absolute Gasteiger partial charge is 0.338 e. The highest BCUT2D eigenvalue weighted by Gasteiger charge is 2.45. The molecule has 1 saturated carbocycles. The maximum atomic E-state index is 13.2. The lowest BCUT2D eigenvalue weighted by atomic mass is 9.83. The maximum absolute atomic E-state index is 13.2. The van der Waals surface area contributed by atoms with Gasteiger partial charge >= 0.3 is 0 Å². The van der Waals surface area contributed by atoms with Gasteiger partial charge in [0.1, 0.15) is 5.01 Å². The smallest absolute Gasteiger partial charge is 0.253 e. The maximum Gasteiger partial charge on any atom is 0.253 e. The number of benzene rings is 1. The Hall–Kier alpha value is -2.21. The molecule has 6 heteroatoms. The van der Waals surface area contributed by atoms with E-state index in [0.717, 1.165) is 60.6 Å². The third-order valence-electron chi connectivity index (χ3n) is 6.27. The lowest BCUT2D eigenvalue weighted by Gasteiger charge is -2.47. The minimum absolute atomic E-state index is 0.100. The molecule has 2 aliphatic heterocycles. The Bertz CT molecular complexity index is 920. The first-order valence-corrected chi connectivity index (χ1v) is 11.1. The average molecular weight is 396 g/mol. The summed E-state index contributed by atoms with van der Waals surface area (Å²) in [5.41, 5.74) is 2.74. The summed E-state index contributed by atoms with van der Waals surface area (Å²) in [6.45, 7) is 3.48. The van der Waals surface area contributed by atoms with E-state index in [1.807, 2.05) is 41.5 Å². The summed E-state index contributed by atoms with van der Waals surface area (Å²) in [5.74, 6) is 0.846. The van der Waals surface area contributed by atoms with Crippen LogP contribution in [0.2, 0.25) is 0 Å². The highest BCUT2D eigenvalue weighted by atomic mass is 32.1. The molecule has 1 aliphatic carbocycles. The van der Waals surface area contributed by atoms with E-state index in [4.69, 9.17) is 0 Å². The van der Waals surface area contributed by atoms with Gasteiger partial charge in [-0.25, -0.2) is 4.98 Å².